The normalized spacial score (nSPS) is 12.4. The summed E-state index contributed by atoms with van der Waals surface area (Å²) in [6.07, 6.45) is -0.0911. The molecular weight excluding hydrogens is 405 g/mol. The summed E-state index contributed by atoms with van der Waals surface area (Å²) in [5.74, 6) is 0.484. The third kappa shape index (κ3) is 6.88. The van der Waals surface area contributed by atoms with Gasteiger partial charge in [0.15, 0.2) is 0 Å². The SMILES string of the molecule is CC(C)(C)OC(=O)NC(Cc1ccccc1)c1nnc(SCc2cccc(F)c2)o1. The van der Waals surface area contributed by atoms with Crippen LogP contribution < -0.4 is 5.32 Å². The van der Waals surface area contributed by atoms with Gasteiger partial charge in [0, 0.05) is 12.2 Å². The first-order chi connectivity index (χ1) is 14.3. The number of rotatable bonds is 7. The molecule has 8 heteroatoms. The van der Waals surface area contributed by atoms with Crippen LogP contribution in [0.1, 0.15) is 43.8 Å². The lowest BCUT2D eigenvalue weighted by Gasteiger charge is -2.22. The first kappa shape index (κ1) is 21.8. The van der Waals surface area contributed by atoms with E-state index in [-0.39, 0.29) is 11.7 Å². The Morgan fingerprint density at radius 2 is 1.87 bits per heavy atom. The molecule has 0 spiro atoms. The fraction of sp³-hybridized carbons (Fsp3) is 0.318. The Balaban J connectivity index is 1.71. The van der Waals surface area contributed by atoms with Crippen molar-refractivity contribution in [2.75, 3.05) is 0 Å². The second kappa shape index (κ2) is 9.75. The van der Waals surface area contributed by atoms with E-state index >= 15 is 0 Å². The van der Waals surface area contributed by atoms with Crippen LogP contribution in [-0.4, -0.2) is 21.9 Å². The van der Waals surface area contributed by atoms with Crippen LogP contribution in [0.4, 0.5) is 9.18 Å². The molecule has 1 N–H and O–H groups in total. The van der Waals surface area contributed by atoms with E-state index in [2.05, 4.69) is 15.5 Å². The molecule has 158 valence electrons. The van der Waals surface area contributed by atoms with Crippen molar-refractivity contribution in [2.45, 2.75) is 49.8 Å². The van der Waals surface area contributed by atoms with Crippen molar-refractivity contribution in [1.29, 1.82) is 0 Å². The standard InChI is InChI=1S/C22H24FN3O3S/c1-22(2,3)29-20(27)24-18(13-15-8-5-4-6-9-15)19-25-26-21(28-19)30-14-16-10-7-11-17(23)12-16/h4-12,18H,13-14H2,1-3H3,(H,24,27). The molecule has 0 aliphatic rings. The summed E-state index contributed by atoms with van der Waals surface area (Å²) in [5.41, 5.74) is 1.19. The molecular formula is C22H24FN3O3S. The average Bonchev–Trinajstić information content (AvgIpc) is 3.14. The number of ether oxygens (including phenoxy) is 1. The molecule has 1 heterocycles. The molecule has 0 aliphatic carbocycles. The van der Waals surface area contributed by atoms with Gasteiger partial charge in [0.1, 0.15) is 17.5 Å². The lowest BCUT2D eigenvalue weighted by atomic mass is 10.1. The minimum atomic E-state index is -0.623. The zero-order chi connectivity index (χ0) is 21.6. The average molecular weight is 430 g/mol. The maximum atomic E-state index is 13.3. The molecule has 3 aromatic rings. The van der Waals surface area contributed by atoms with Gasteiger partial charge in [-0.25, -0.2) is 9.18 Å². The number of benzene rings is 2. The predicted octanol–water partition coefficient (Wildman–Crippen LogP) is 5.31. The van der Waals surface area contributed by atoms with Gasteiger partial charge in [-0.15, -0.1) is 10.2 Å². The van der Waals surface area contributed by atoms with Gasteiger partial charge in [0.2, 0.25) is 5.89 Å². The van der Waals surface area contributed by atoms with Crippen molar-refractivity contribution in [2.24, 2.45) is 0 Å². The van der Waals surface area contributed by atoms with Gasteiger partial charge in [0.25, 0.3) is 5.22 Å². The number of carbonyl (C=O) groups excluding carboxylic acids is 1. The number of aromatic nitrogens is 2. The molecule has 6 nitrogen and oxygen atoms in total. The number of hydrogen-bond acceptors (Lipinski definition) is 6. The van der Waals surface area contributed by atoms with E-state index in [1.54, 1.807) is 26.8 Å². The van der Waals surface area contributed by atoms with Crippen molar-refractivity contribution in [3.05, 3.63) is 77.4 Å². The molecule has 0 radical (unpaired) electrons. The van der Waals surface area contributed by atoms with E-state index in [1.807, 2.05) is 36.4 Å². The van der Waals surface area contributed by atoms with E-state index in [1.165, 1.54) is 23.9 Å². The summed E-state index contributed by atoms with van der Waals surface area (Å²) in [6.45, 7) is 5.39. The van der Waals surface area contributed by atoms with Gasteiger partial charge in [-0.05, 0) is 44.0 Å². The molecule has 2 aromatic carbocycles. The number of nitrogens with one attached hydrogen (secondary N) is 1. The summed E-state index contributed by atoms with van der Waals surface area (Å²) in [7, 11) is 0. The van der Waals surface area contributed by atoms with Gasteiger partial charge < -0.3 is 14.5 Å². The zero-order valence-corrected chi connectivity index (χ0v) is 17.9. The van der Waals surface area contributed by atoms with Crippen LogP contribution in [0.15, 0.2) is 64.2 Å². The molecule has 0 bridgehead atoms. The first-order valence-corrected chi connectivity index (χ1v) is 10.5. The largest absolute Gasteiger partial charge is 0.444 e. The smallest absolute Gasteiger partial charge is 0.408 e. The molecule has 0 aliphatic heterocycles. The quantitative estimate of drug-likeness (QED) is 0.513. The van der Waals surface area contributed by atoms with E-state index in [4.69, 9.17) is 9.15 Å². The Kier molecular flexibility index (Phi) is 7.10. The van der Waals surface area contributed by atoms with Crippen LogP contribution in [0.2, 0.25) is 0 Å². The topological polar surface area (TPSA) is 77.2 Å². The molecule has 1 amide bonds. The predicted molar refractivity (Wildman–Crippen MR) is 113 cm³/mol. The molecule has 1 atom stereocenters. The lowest BCUT2D eigenvalue weighted by molar-refractivity contribution is 0.0494. The minimum Gasteiger partial charge on any atom is -0.444 e. The highest BCUT2D eigenvalue weighted by molar-refractivity contribution is 7.98. The lowest BCUT2D eigenvalue weighted by Crippen LogP contribution is -2.36. The Hall–Kier alpha value is -2.87. The highest BCUT2D eigenvalue weighted by Gasteiger charge is 2.25. The number of amides is 1. The third-order valence-corrected chi connectivity index (χ3v) is 4.83. The molecule has 1 unspecified atom stereocenters. The summed E-state index contributed by atoms with van der Waals surface area (Å²) in [6, 6.07) is 15.5. The van der Waals surface area contributed by atoms with E-state index in [0.717, 1.165) is 11.1 Å². The van der Waals surface area contributed by atoms with Gasteiger partial charge in [0.05, 0.1) is 0 Å². The molecule has 1 aromatic heterocycles. The van der Waals surface area contributed by atoms with Crippen LogP contribution in [-0.2, 0) is 16.9 Å². The molecule has 0 saturated heterocycles. The van der Waals surface area contributed by atoms with Crippen LogP contribution in [0.25, 0.3) is 0 Å². The number of hydrogen-bond donors (Lipinski definition) is 1. The number of alkyl carbamates (subject to hydrolysis) is 1. The zero-order valence-electron chi connectivity index (χ0n) is 17.1. The second-order valence-corrected chi connectivity index (χ2v) is 8.64. The molecule has 0 fully saturated rings. The minimum absolute atomic E-state index is 0.284. The van der Waals surface area contributed by atoms with E-state index in [0.29, 0.717) is 17.4 Å². The Bertz CT molecular complexity index is 973. The second-order valence-electron chi connectivity index (χ2n) is 7.71. The maximum absolute atomic E-state index is 13.3. The Morgan fingerprint density at radius 1 is 1.13 bits per heavy atom. The van der Waals surface area contributed by atoms with Gasteiger partial charge in [-0.3, -0.25) is 0 Å². The van der Waals surface area contributed by atoms with Crippen molar-refractivity contribution >= 4 is 17.9 Å². The van der Waals surface area contributed by atoms with Gasteiger partial charge in [-0.2, -0.15) is 0 Å². The van der Waals surface area contributed by atoms with Crippen molar-refractivity contribution in [3.8, 4) is 0 Å². The maximum Gasteiger partial charge on any atom is 0.408 e. The summed E-state index contributed by atoms with van der Waals surface area (Å²) >= 11 is 1.30. The molecule has 3 rings (SSSR count). The Morgan fingerprint density at radius 3 is 2.57 bits per heavy atom. The fourth-order valence-corrected chi connectivity index (χ4v) is 3.40. The van der Waals surface area contributed by atoms with Gasteiger partial charge in [-0.1, -0.05) is 54.2 Å². The van der Waals surface area contributed by atoms with E-state index in [9.17, 15) is 9.18 Å². The number of nitrogens with zero attached hydrogens (tertiary/aromatic N) is 2. The van der Waals surface area contributed by atoms with E-state index < -0.39 is 17.7 Å². The van der Waals surface area contributed by atoms with Crippen LogP contribution in [0, 0.1) is 5.82 Å². The highest BCUT2D eigenvalue weighted by atomic mass is 32.2. The third-order valence-electron chi connectivity index (χ3n) is 3.95. The molecule has 30 heavy (non-hydrogen) atoms. The van der Waals surface area contributed by atoms with Crippen molar-refractivity contribution < 1.29 is 18.3 Å². The first-order valence-electron chi connectivity index (χ1n) is 9.52. The fourth-order valence-electron chi connectivity index (χ4n) is 2.69. The summed E-state index contributed by atoms with van der Waals surface area (Å²) in [5, 5.41) is 11.3. The van der Waals surface area contributed by atoms with Crippen LogP contribution in [0.3, 0.4) is 0 Å². The highest BCUT2D eigenvalue weighted by Crippen LogP contribution is 2.25. The monoisotopic (exact) mass is 429 g/mol. The number of carbonyl (C=O) groups is 1. The summed E-state index contributed by atoms with van der Waals surface area (Å²) in [4.78, 5) is 12.3. The van der Waals surface area contributed by atoms with Crippen molar-refractivity contribution in [3.63, 3.8) is 0 Å². The molecule has 0 saturated carbocycles. The number of halogens is 1. The summed E-state index contributed by atoms with van der Waals surface area (Å²) < 4.78 is 24.5. The number of thioether (sulfide) groups is 1. The Labute approximate surface area is 179 Å². The van der Waals surface area contributed by atoms with Crippen molar-refractivity contribution in [1.82, 2.24) is 15.5 Å². The van der Waals surface area contributed by atoms with Gasteiger partial charge >= 0.3 is 6.09 Å². The van der Waals surface area contributed by atoms with Crippen LogP contribution >= 0.6 is 11.8 Å². The van der Waals surface area contributed by atoms with Crippen LogP contribution in [0.5, 0.6) is 0 Å².